The Hall–Kier alpha value is -1.26. The van der Waals surface area contributed by atoms with Crippen LogP contribution < -0.4 is 20.9 Å². The van der Waals surface area contributed by atoms with E-state index in [2.05, 4.69) is 0 Å². The van der Waals surface area contributed by atoms with Crippen molar-refractivity contribution in [1.29, 1.82) is 0 Å². The van der Waals surface area contributed by atoms with Crippen LogP contribution in [0.4, 0.5) is 0 Å². The van der Waals surface area contributed by atoms with Crippen LogP contribution in [0.3, 0.4) is 0 Å². The molecule has 0 spiro atoms. The van der Waals surface area contributed by atoms with E-state index in [-0.39, 0.29) is 13.5 Å². The zero-order valence-corrected chi connectivity index (χ0v) is 6.69. The van der Waals surface area contributed by atoms with E-state index in [1.807, 2.05) is 0 Å². The minimum Gasteiger partial charge on any atom is -0.479 e. The lowest BCUT2D eigenvalue weighted by Gasteiger charge is -2.04. The van der Waals surface area contributed by atoms with E-state index in [0.717, 1.165) is 11.5 Å². The summed E-state index contributed by atoms with van der Waals surface area (Å²) in [4.78, 5) is 0. The molecular weight excluding hydrogens is 156 g/mol. The van der Waals surface area contributed by atoms with Crippen molar-refractivity contribution in [2.75, 3.05) is 13.5 Å². The van der Waals surface area contributed by atoms with Crippen LogP contribution in [0.25, 0.3) is 0 Å². The van der Waals surface area contributed by atoms with Gasteiger partial charge in [-0.2, -0.15) is 0 Å². The van der Waals surface area contributed by atoms with E-state index in [0.29, 0.717) is 0 Å². The van der Waals surface area contributed by atoms with E-state index in [4.69, 9.17) is 20.9 Å². The van der Waals surface area contributed by atoms with Gasteiger partial charge in [-0.15, -0.1) is 0 Å². The third-order valence-electron chi connectivity index (χ3n) is 1.32. The molecule has 1 aromatic rings. The van der Waals surface area contributed by atoms with Crippen LogP contribution in [0, 0.1) is 0 Å². The van der Waals surface area contributed by atoms with Gasteiger partial charge in [0, 0.05) is 0 Å². The van der Waals surface area contributed by atoms with Crippen LogP contribution in [0.2, 0.25) is 0 Å². The fourth-order valence-corrected chi connectivity index (χ4v) is 0.825. The summed E-state index contributed by atoms with van der Waals surface area (Å²) in [5, 5.41) is 0. The second-order valence-corrected chi connectivity index (χ2v) is 2.09. The molecule has 4 heteroatoms. The second kappa shape index (κ2) is 4.58. The Labute approximate surface area is 71.1 Å². The van der Waals surface area contributed by atoms with Gasteiger partial charge in [-0.05, 0) is 24.3 Å². The highest BCUT2D eigenvalue weighted by molar-refractivity contribution is 5.31. The normalized spacial score (nSPS) is 9.50. The van der Waals surface area contributed by atoms with Crippen molar-refractivity contribution in [3.05, 3.63) is 24.3 Å². The average Bonchev–Trinajstić information content (AvgIpc) is 2.09. The molecule has 4 nitrogen and oxygen atoms in total. The van der Waals surface area contributed by atoms with Gasteiger partial charge in [-0.1, -0.05) is 0 Å². The second-order valence-electron chi connectivity index (χ2n) is 2.09. The lowest BCUT2D eigenvalue weighted by Crippen LogP contribution is -2.08. The smallest absolute Gasteiger partial charge is 0.137 e. The minimum absolute atomic E-state index is 0.178. The summed E-state index contributed by atoms with van der Waals surface area (Å²) >= 11 is 0. The van der Waals surface area contributed by atoms with Crippen LogP contribution in [0.1, 0.15) is 0 Å². The molecule has 0 atom stereocenters. The molecule has 66 valence electrons. The maximum absolute atomic E-state index is 5.18. The highest BCUT2D eigenvalue weighted by Crippen LogP contribution is 2.16. The Bertz CT molecular complexity index is 198. The Kier molecular flexibility index (Phi) is 3.37. The average molecular weight is 168 g/mol. The lowest BCUT2D eigenvalue weighted by atomic mass is 10.3. The molecular formula is C8H12N2O2. The number of ether oxygens (including phenoxy) is 2. The highest BCUT2D eigenvalue weighted by atomic mass is 16.5. The van der Waals surface area contributed by atoms with Gasteiger partial charge in [0.2, 0.25) is 0 Å². The maximum atomic E-state index is 5.18. The summed E-state index contributed by atoms with van der Waals surface area (Å²) in [6.07, 6.45) is 0. The number of rotatable bonds is 4. The predicted octanol–water partition coefficient (Wildman–Crippen LogP) is 0.277. The Morgan fingerprint density at radius 3 is 1.42 bits per heavy atom. The van der Waals surface area contributed by atoms with Crippen LogP contribution >= 0.6 is 0 Å². The molecule has 0 fully saturated rings. The molecule has 0 unspecified atom stereocenters. The van der Waals surface area contributed by atoms with E-state index < -0.39 is 0 Å². The molecule has 0 aliphatic rings. The molecule has 12 heavy (non-hydrogen) atoms. The third kappa shape index (κ3) is 2.41. The van der Waals surface area contributed by atoms with E-state index in [1.54, 1.807) is 24.3 Å². The summed E-state index contributed by atoms with van der Waals surface area (Å²) in [6, 6.07) is 7.10. The fourth-order valence-electron chi connectivity index (χ4n) is 0.825. The quantitative estimate of drug-likeness (QED) is 0.633. The SMILES string of the molecule is NCOc1ccc(OCN)cc1. The topological polar surface area (TPSA) is 70.5 Å². The van der Waals surface area contributed by atoms with Crippen molar-refractivity contribution in [3.63, 3.8) is 0 Å². The van der Waals surface area contributed by atoms with Crippen LogP contribution in [-0.4, -0.2) is 13.5 Å². The first-order valence-corrected chi connectivity index (χ1v) is 3.62. The molecule has 1 rings (SSSR count). The maximum Gasteiger partial charge on any atom is 0.137 e. The molecule has 0 bridgehead atoms. The third-order valence-corrected chi connectivity index (χ3v) is 1.32. The van der Waals surface area contributed by atoms with Gasteiger partial charge in [-0.25, -0.2) is 0 Å². The van der Waals surface area contributed by atoms with Crippen molar-refractivity contribution < 1.29 is 9.47 Å². The van der Waals surface area contributed by atoms with Crippen molar-refractivity contribution in [3.8, 4) is 11.5 Å². The zero-order chi connectivity index (χ0) is 8.81. The molecule has 0 aliphatic carbocycles. The summed E-state index contributed by atoms with van der Waals surface area (Å²) < 4.78 is 10.1. The molecule has 0 saturated carbocycles. The summed E-state index contributed by atoms with van der Waals surface area (Å²) in [6.45, 7) is 0.355. The number of hydrogen-bond acceptors (Lipinski definition) is 4. The van der Waals surface area contributed by atoms with E-state index in [9.17, 15) is 0 Å². The number of benzene rings is 1. The first-order valence-electron chi connectivity index (χ1n) is 3.62. The fraction of sp³-hybridized carbons (Fsp3) is 0.250. The standard InChI is InChI=1S/C8H12N2O2/c9-5-11-7-1-2-8(4-3-7)12-6-10/h1-4H,5-6,9-10H2. The van der Waals surface area contributed by atoms with Gasteiger partial charge < -0.3 is 9.47 Å². The van der Waals surface area contributed by atoms with E-state index >= 15 is 0 Å². The predicted molar refractivity (Wildman–Crippen MR) is 45.8 cm³/mol. The van der Waals surface area contributed by atoms with Crippen LogP contribution in [0.5, 0.6) is 11.5 Å². The van der Waals surface area contributed by atoms with Gasteiger partial charge in [0.05, 0.1) is 0 Å². The van der Waals surface area contributed by atoms with Crippen molar-refractivity contribution in [2.24, 2.45) is 11.5 Å². The Balaban J connectivity index is 2.58. The monoisotopic (exact) mass is 168 g/mol. The Morgan fingerprint density at radius 2 is 1.17 bits per heavy atom. The first kappa shape index (κ1) is 8.83. The van der Waals surface area contributed by atoms with Gasteiger partial charge in [0.25, 0.3) is 0 Å². The molecule has 0 aromatic heterocycles. The zero-order valence-electron chi connectivity index (χ0n) is 6.69. The Morgan fingerprint density at radius 1 is 0.833 bits per heavy atom. The molecule has 0 saturated heterocycles. The summed E-state index contributed by atoms with van der Waals surface area (Å²) in [5.74, 6) is 1.45. The highest BCUT2D eigenvalue weighted by Gasteiger charge is 1.93. The molecule has 0 amide bonds. The molecule has 0 radical (unpaired) electrons. The largest absolute Gasteiger partial charge is 0.479 e. The van der Waals surface area contributed by atoms with Gasteiger partial charge in [0.1, 0.15) is 25.0 Å². The number of nitrogens with two attached hydrogens (primary N) is 2. The molecule has 0 heterocycles. The summed E-state index contributed by atoms with van der Waals surface area (Å²) in [7, 11) is 0. The summed E-state index contributed by atoms with van der Waals surface area (Å²) in [5.41, 5.74) is 10.4. The molecule has 1 aromatic carbocycles. The minimum atomic E-state index is 0.178. The van der Waals surface area contributed by atoms with Gasteiger partial charge in [-0.3, -0.25) is 11.5 Å². The van der Waals surface area contributed by atoms with Crippen molar-refractivity contribution in [1.82, 2.24) is 0 Å². The van der Waals surface area contributed by atoms with Crippen LogP contribution in [0.15, 0.2) is 24.3 Å². The van der Waals surface area contributed by atoms with Crippen LogP contribution in [-0.2, 0) is 0 Å². The van der Waals surface area contributed by atoms with Gasteiger partial charge in [0.15, 0.2) is 0 Å². The molecule has 0 aliphatic heterocycles. The van der Waals surface area contributed by atoms with Crippen molar-refractivity contribution in [2.45, 2.75) is 0 Å². The lowest BCUT2D eigenvalue weighted by molar-refractivity contribution is 0.320. The van der Waals surface area contributed by atoms with Crippen molar-refractivity contribution >= 4 is 0 Å². The van der Waals surface area contributed by atoms with Gasteiger partial charge >= 0.3 is 0 Å². The van der Waals surface area contributed by atoms with E-state index in [1.165, 1.54) is 0 Å². The number of hydrogen-bond donors (Lipinski definition) is 2. The first-order chi connectivity index (χ1) is 5.86. The molecule has 4 N–H and O–H groups in total.